The number of carbonyl (C=O) groups excluding carboxylic acids is 2. The lowest BCUT2D eigenvalue weighted by molar-refractivity contribution is -0.289. The number of ketones is 2. The van der Waals surface area contributed by atoms with Gasteiger partial charge in [-0.1, -0.05) is 69.2 Å². The fourth-order valence-corrected chi connectivity index (χ4v) is 19.9. The molecule has 0 aromatic heterocycles. The standard InChI is InChI=1S/C56H74O9/c1-32(59)34-21-35-24-40-33(22-38(35)39(23-34)43(60)11-8-20-65-5)12-17-51-18-14-45-54(47(63)28-57)16-7-10-37(25-46(54)62)56(40,45)48(51)44(61)26-41-42-27-49(2,3)29-52-15-6-9-36(52)13-19-53(64,30-50(41,51)4)55(42,52)31-58/h7,10,13,19,21-24,26,32-33,36-37,40,42,45-48,57-59,62-64H,6,8-9,11-12,14-18,20,25,27-31H2,1-5H3/t32-,33+,36+,37+,40-,42+,45+,46-,47+,48-,50+,51+,52+,53-,54-,55+,56+/m0/s1. The Morgan fingerprint density at radius 1 is 0.969 bits per heavy atom. The number of aliphatic hydroxyl groups is 6. The summed E-state index contributed by atoms with van der Waals surface area (Å²) in [6, 6.07) is 3.88. The Bertz CT molecular complexity index is 2410. The average molecular weight is 891 g/mol. The minimum atomic E-state index is -1.31. The molecule has 11 aliphatic carbocycles. The van der Waals surface area contributed by atoms with Crippen LogP contribution in [0, 0.1) is 79.3 Å². The summed E-state index contributed by atoms with van der Waals surface area (Å²) in [4.78, 5) is 30.7. The van der Waals surface area contributed by atoms with Gasteiger partial charge in [-0.15, -0.1) is 0 Å². The maximum atomic E-state index is 16.4. The van der Waals surface area contributed by atoms with E-state index in [1.807, 2.05) is 18.2 Å². The van der Waals surface area contributed by atoms with Crippen molar-refractivity contribution in [3.8, 4) is 0 Å². The highest BCUT2D eigenvalue weighted by molar-refractivity contribution is 5.97. The number of ether oxygens (including phenoxy) is 1. The van der Waals surface area contributed by atoms with Crippen LogP contribution in [0.5, 0.6) is 0 Å². The fraction of sp³-hybridized carbons (Fsp3) is 0.714. The molecule has 2 spiro atoms. The smallest absolute Gasteiger partial charge is 0.163 e. The summed E-state index contributed by atoms with van der Waals surface area (Å²) in [7, 11) is 1.64. The third-order valence-corrected chi connectivity index (χ3v) is 21.9. The Labute approximate surface area is 384 Å². The van der Waals surface area contributed by atoms with Crippen molar-refractivity contribution >= 4 is 23.7 Å². The first-order valence-corrected chi connectivity index (χ1v) is 25.4. The molecule has 6 fully saturated rings. The van der Waals surface area contributed by atoms with Gasteiger partial charge in [0.05, 0.1) is 37.1 Å². The van der Waals surface area contributed by atoms with Crippen molar-refractivity contribution in [2.75, 3.05) is 26.9 Å². The number of carbonyl (C=O) groups is 2. The molecule has 352 valence electrons. The first-order valence-electron chi connectivity index (χ1n) is 25.4. The number of Topliss-reactive ketones (excluding diaryl/α,β-unsaturated/α-hetero) is 1. The summed E-state index contributed by atoms with van der Waals surface area (Å²) >= 11 is 0. The summed E-state index contributed by atoms with van der Waals surface area (Å²) in [5.41, 5.74) is -3.33. The number of fused-ring (bicyclic) bond motifs is 6. The summed E-state index contributed by atoms with van der Waals surface area (Å²) < 4.78 is 5.32. The predicted octanol–water partition coefficient (Wildman–Crippen LogP) is 6.05. The Morgan fingerprint density at radius 3 is 2.49 bits per heavy atom. The van der Waals surface area contributed by atoms with Crippen molar-refractivity contribution in [2.45, 2.75) is 141 Å². The molecule has 0 amide bonds. The molecule has 1 aromatic carbocycles. The van der Waals surface area contributed by atoms with Crippen molar-refractivity contribution in [1.82, 2.24) is 0 Å². The lowest BCUT2D eigenvalue weighted by Gasteiger charge is -2.77. The predicted molar refractivity (Wildman–Crippen MR) is 247 cm³/mol. The zero-order valence-corrected chi connectivity index (χ0v) is 39.4. The van der Waals surface area contributed by atoms with Gasteiger partial charge in [0, 0.05) is 42.4 Å². The van der Waals surface area contributed by atoms with Crippen LogP contribution in [0.3, 0.4) is 0 Å². The Balaban J connectivity index is 1.18. The minimum absolute atomic E-state index is 0.00160. The summed E-state index contributed by atoms with van der Waals surface area (Å²) in [5, 5.41) is 74.4. The molecule has 6 N–H and O–H groups in total. The summed E-state index contributed by atoms with van der Waals surface area (Å²) in [6.45, 7) is 8.65. The van der Waals surface area contributed by atoms with E-state index in [1.54, 1.807) is 14.0 Å². The number of aliphatic hydroxyl groups excluding tert-OH is 5. The second-order valence-electron chi connectivity index (χ2n) is 24.5. The quantitative estimate of drug-likeness (QED) is 0.0985. The van der Waals surface area contributed by atoms with Crippen molar-refractivity contribution in [3.05, 3.63) is 69.7 Å². The van der Waals surface area contributed by atoms with Crippen molar-refractivity contribution in [3.63, 3.8) is 0 Å². The SMILES string of the molecule is COCCCC(=O)c1cc([C@H](C)O)cc2c1=C[C@H]1CC[C@@]34CC[C@@H]5[C@@]6([C@H](O)CO)CC=C[C@H](C[C@@H]6O)[C@@]5([C@H]3C(=O)C=C3[C@H]5CC(C)(C)C[C@]67CCC[C@@H]6C=C[C@](O)(C[C@]34C)[C@]57CO)[C@H]1C=2. The number of allylic oxidation sites excluding steroid dienone is 5. The van der Waals surface area contributed by atoms with Crippen LogP contribution >= 0.6 is 0 Å². The van der Waals surface area contributed by atoms with Gasteiger partial charge >= 0.3 is 0 Å². The third kappa shape index (κ3) is 5.31. The van der Waals surface area contributed by atoms with Crippen LogP contribution < -0.4 is 10.4 Å². The first-order chi connectivity index (χ1) is 30.9. The number of hydrogen-bond donors (Lipinski definition) is 6. The maximum absolute atomic E-state index is 16.4. The van der Waals surface area contributed by atoms with E-state index in [2.05, 4.69) is 57.2 Å². The van der Waals surface area contributed by atoms with Gasteiger partial charge in [-0.2, -0.15) is 0 Å². The molecule has 9 nitrogen and oxygen atoms in total. The molecule has 11 aliphatic rings. The van der Waals surface area contributed by atoms with Crippen LogP contribution in [0.2, 0.25) is 0 Å². The van der Waals surface area contributed by atoms with Crippen LogP contribution in [0.25, 0.3) is 12.2 Å². The van der Waals surface area contributed by atoms with E-state index >= 15 is 4.79 Å². The molecular formula is C56H74O9. The zero-order valence-electron chi connectivity index (χ0n) is 39.4. The van der Waals surface area contributed by atoms with Crippen LogP contribution in [0.4, 0.5) is 0 Å². The number of methoxy groups -OCH3 is 1. The largest absolute Gasteiger partial charge is 0.396 e. The Hall–Kier alpha value is -2.76. The molecule has 0 radical (unpaired) electrons. The zero-order chi connectivity index (χ0) is 45.9. The number of rotatable bonds is 9. The molecule has 0 unspecified atom stereocenters. The first kappa shape index (κ1) is 44.7. The van der Waals surface area contributed by atoms with Crippen LogP contribution in [0.1, 0.15) is 140 Å². The average Bonchev–Trinajstić information content (AvgIpc) is 3.45. The highest BCUT2D eigenvalue weighted by atomic mass is 16.5. The molecule has 17 atom stereocenters. The van der Waals surface area contributed by atoms with E-state index in [4.69, 9.17) is 4.74 Å². The normalized spacial score (nSPS) is 47.7. The lowest BCUT2D eigenvalue weighted by atomic mass is 9.26. The van der Waals surface area contributed by atoms with Crippen LogP contribution in [0.15, 0.2) is 48.1 Å². The maximum Gasteiger partial charge on any atom is 0.163 e. The van der Waals surface area contributed by atoms with Gasteiger partial charge in [0.15, 0.2) is 11.6 Å². The second kappa shape index (κ2) is 14.6. The summed E-state index contributed by atoms with van der Waals surface area (Å²) in [5.74, 6) is -1.30. The molecule has 0 aliphatic heterocycles. The minimum Gasteiger partial charge on any atom is -0.396 e. The third-order valence-electron chi connectivity index (χ3n) is 21.9. The van der Waals surface area contributed by atoms with Crippen molar-refractivity contribution in [1.29, 1.82) is 0 Å². The molecule has 6 saturated carbocycles. The van der Waals surface area contributed by atoms with Crippen LogP contribution in [-0.2, 0) is 9.53 Å². The van der Waals surface area contributed by atoms with Gasteiger partial charge in [0.25, 0.3) is 0 Å². The van der Waals surface area contributed by atoms with Gasteiger partial charge in [-0.3, -0.25) is 9.59 Å². The van der Waals surface area contributed by atoms with Gasteiger partial charge in [-0.05, 0) is 181 Å². The summed E-state index contributed by atoms with van der Waals surface area (Å²) in [6.07, 6.45) is 22.1. The van der Waals surface area contributed by atoms with E-state index in [-0.39, 0.29) is 64.5 Å². The second-order valence-corrected chi connectivity index (χ2v) is 24.5. The number of hydrogen-bond acceptors (Lipinski definition) is 9. The van der Waals surface area contributed by atoms with Crippen molar-refractivity contribution in [2.24, 2.45) is 79.3 Å². The van der Waals surface area contributed by atoms with E-state index in [0.29, 0.717) is 62.7 Å². The Morgan fingerprint density at radius 2 is 1.75 bits per heavy atom. The molecule has 9 heteroatoms. The van der Waals surface area contributed by atoms with Crippen molar-refractivity contribution < 1.29 is 45.0 Å². The van der Waals surface area contributed by atoms with E-state index in [0.717, 1.165) is 61.0 Å². The lowest BCUT2D eigenvalue weighted by Crippen LogP contribution is -2.77. The van der Waals surface area contributed by atoms with E-state index in [1.165, 1.54) is 0 Å². The van der Waals surface area contributed by atoms with Crippen LogP contribution in [-0.4, -0.2) is 86.9 Å². The topological polar surface area (TPSA) is 165 Å². The molecule has 0 saturated heterocycles. The molecule has 65 heavy (non-hydrogen) atoms. The molecule has 0 heterocycles. The van der Waals surface area contributed by atoms with Gasteiger partial charge in [-0.25, -0.2) is 0 Å². The highest BCUT2D eigenvalue weighted by Crippen LogP contribution is 2.85. The highest BCUT2D eigenvalue weighted by Gasteiger charge is 2.83. The molecule has 12 rings (SSSR count). The number of benzene rings is 1. The molecular weight excluding hydrogens is 817 g/mol. The van der Waals surface area contributed by atoms with Gasteiger partial charge in [0.1, 0.15) is 0 Å². The van der Waals surface area contributed by atoms with E-state index < -0.39 is 63.5 Å². The molecule has 4 bridgehead atoms. The fourth-order valence-electron chi connectivity index (χ4n) is 19.9. The Kier molecular flexibility index (Phi) is 10.1. The van der Waals surface area contributed by atoms with E-state index in [9.17, 15) is 35.4 Å². The molecule has 1 aromatic rings. The van der Waals surface area contributed by atoms with Gasteiger partial charge in [0.2, 0.25) is 0 Å². The van der Waals surface area contributed by atoms with Gasteiger partial charge < -0.3 is 35.4 Å². The monoisotopic (exact) mass is 891 g/mol.